The van der Waals surface area contributed by atoms with Crippen LogP contribution in [-0.4, -0.2) is 35.8 Å². The van der Waals surface area contributed by atoms with Crippen LogP contribution < -0.4 is 16.0 Å². The van der Waals surface area contributed by atoms with Gasteiger partial charge in [-0.05, 0) is 20.3 Å². The second kappa shape index (κ2) is 6.28. The first kappa shape index (κ1) is 14.3. The molecule has 1 heterocycles. The number of aromatic nitrogens is 2. The molecule has 0 spiro atoms. The summed E-state index contributed by atoms with van der Waals surface area (Å²) in [6, 6.07) is 0. The number of hydrogen-bond acceptors (Lipinski definition) is 4. The van der Waals surface area contributed by atoms with Crippen LogP contribution in [0.2, 0.25) is 0 Å². The molecule has 0 unspecified atom stereocenters. The summed E-state index contributed by atoms with van der Waals surface area (Å²) in [6.45, 7) is 7.80. The van der Waals surface area contributed by atoms with Gasteiger partial charge in [-0.15, -0.1) is 0 Å². The number of hydrogen-bond donors (Lipinski definition) is 2. The number of likely N-dealkylation sites (N-methyl/N-ethyl adjacent to an activating group) is 1. The molecule has 3 N–H and O–H groups in total. The van der Waals surface area contributed by atoms with Crippen LogP contribution >= 0.6 is 0 Å². The van der Waals surface area contributed by atoms with Crippen molar-refractivity contribution >= 4 is 17.4 Å². The van der Waals surface area contributed by atoms with E-state index in [2.05, 4.69) is 17.3 Å². The molecule has 0 saturated heterocycles. The number of nitrogens with zero attached hydrogens (tertiary/aromatic N) is 3. The molecule has 0 aliphatic rings. The molecule has 0 aliphatic carbocycles. The molecule has 0 aliphatic heterocycles. The van der Waals surface area contributed by atoms with Crippen LogP contribution in [0, 0.1) is 6.92 Å². The van der Waals surface area contributed by atoms with Gasteiger partial charge < -0.3 is 16.0 Å². The van der Waals surface area contributed by atoms with Crippen molar-refractivity contribution in [2.24, 2.45) is 0 Å². The van der Waals surface area contributed by atoms with Gasteiger partial charge >= 0.3 is 0 Å². The summed E-state index contributed by atoms with van der Waals surface area (Å²) < 4.78 is 1.85. The number of anilines is 2. The fraction of sp³-hybridized carbons (Fsp3) is 0.667. The van der Waals surface area contributed by atoms with E-state index in [1.54, 1.807) is 7.05 Å². The lowest BCUT2D eigenvalue weighted by Crippen LogP contribution is -2.37. The first-order valence-corrected chi connectivity index (χ1v) is 6.33. The smallest absolute Gasteiger partial charge is 0.239 e. The lowest BCUT2D eigenvalue weighted by atomic mass is 10.3. The van der Waals surface area contributed by atoms with E-state index < -0.39 is 0 Å². The lowest BCUT2D eigenvalue weighted by Gasteiger charge is -2.24. The van der Waals surface area contributed by atoms with Crippen molar-refractivity contribution in [2.75, 3.05) is 30.8 Å². The normalized spacial score (nSPS) is 10.4. The van der Waals surface area contributed by atoms with Gasteiger partial charge in [0.15, 0.2) is 5.82 Å². The van der Waals surface area contributed by atoms with Gasteiger partial charge in [0.2, 0.25) is 5.91 Å². The zero-order valence-electron chi connectivity index (χ0n) is 11.7. The first-order valence-electron chi connectivity index (χ1n) is 6.33. The van der Waals surface area contributed by atoms with E-state index >= 15 is 0 Å². The molecular weight excluding hydrogens is 230 g/mol. The van der Waals surface area contributed by atoms with Crippen molar-refractivity contribution in [3.05, 3.63) is 5.69 Å². The second-order valence-corrected chi connectivity index (χ2v) is 4.23. The molecule has 0 aromatic carbocycles. The number of amides is 1. The Bertz CT molecular complexity index is 413. The minimum Gasteiger partial charge on any atom is -0.394 e. The number of carbonyl (C=O) groups is 1. The van der Waals surface area contributed by atoms with Crippen LogP contribution in [-0.2, 0) is 11.3 Å². The SMILES string of the molecule is CCCN(CC(=O)NC)c1c(N)c(C)nn1CC. The Morgan fingerprint density at radius 1 is 1.50 bits per heavy atom. The summed E-state index contributed by atoms with van der Waals surface area (Å²) in [5, 5.41) is 7.02. The van der Waals surface area contributed by atoms with Gasteiger partial charge in [0.25, 0.3) is 0 Å². The molecular formula is C12H23N5O. The van der Waals surface area contributed by atoms with Crippen molar-refractivity contribution in [1.82, 2.24) is 15.1 Å². The maximum Gasteiger partial charge on any atom is 0.239 e. The lowest BCUT2D eigenvalue weighted by molar-refractivity contribution is -0.119. The fourth-order valence-corrected chi connectivity index (χ4v) is 1.92. The van der Waals surface area contributed by atoms with E-state index in [1.165, 1.54) is 0 Å². The zero-order valence-corrected chi connectivity index (χ0v) is 11.7. The number of rotatable bonds is 6. The number of nitrogens with one attached hydrogen (secondary N) is 1. The topological polar surface area (TPSA) is 76.2 Å². The third kappa shape index (κ3) is 2.94. The molecule has 0 bridgehead atoms. The van der Waals surface area contributed by atoms with Gasteiger partial charge in [-0.2, -0.15) is 5.10 Å². The van der Waals surface area contributed by atoms with Gasteiger partial charge in [-0.1, -0.05) is 6.92 Å². The fourth-order valence-electron chi connectivity index (χ4n) is 1.92. The van der Waals surface area contributed by atoms with Crippen molar-refractivity contribution in [2.45, 2.75) is 33.7 Å². The quantitative estimate of drug-likeness (QED) is 0.784. The Morgan fingerprint density at radius 3 is 2.67 bits per heavy atom. The third-order valence-electron chi connectivity index (χ3n) is 2.85. The maximum absolute atomic E-state index is 11.6. The van der Waals surface area contributed by atoms with E-state index in [0.717, 1.165) is 31.0 Å². The summed E-state index contributed by atoms with van der Waals surface area (Å²) in [7, 11) is 1.64. The third-order valence-corrected chi connectivity index (χ3v) is 2.85. The average molecular weight is 253 g/mol. The Balaban J connectivity index is 3.07. The summed E-state index contributed by atoms with van der Waals surface area (Å²) >= 11 is 0. The molecule has 102 valence electrons. The highest BCUT2D eigenvalue weighted by Gasteiger charge is 2.19. The monoisotopic (exact) mass is 253 g/mol. The average Bonchev–Trinajstić information content (AvgIpc) is 2.64. The van der Waals surface area contributed by atoms with Gasteiger partial charge in [0, 0.05) is 20.1 Å². The summed E-state index contributed by atoms with van der Waals surface area (Å²) in [4.78, 5) is 13.5. The maximum atomic E-state index is 11.6. The highest BCUT2D eigenvalue weighted by atomic mass is 16.1. The predicted molar refractivity (Wildman–Crippen MR) is 73.6 cm³/mol. The van der Waals surface area contributed by atoms with Crippen LogP contribution in [0.3, 0.4) is 0 Å². The van der Waals surface area contributed by atoms with E-state index in [-0.39, 0.29) is 5.91 Å². The van der Waals surface area contributed by atoms with E-state index in [0.29, 0.717) is 12.2 Å². The molecule has 1 aromatic heterocycles. The Labute approximate surface area is 108 Å². The predicted octanol–water partition coefficient (Wildman–Crippen LogP) is 0.756. The molecule has 1 aromatic rings. The van der Waals surface area contributed by atoms with Crippen LogP contribution in [0.5, 0.6) is 0 Å². The summed E-state index contributed by atoms with van der Waals surface area (Å²) in [6.07, 6.45) is 0.949. The molecule has 0 saturated carbocycles. The summed E-state index contributed by atoms with van der Waals surface area (Å²) in [5.41, 5.74) is 7.54. The molecule has 6 nitrogen and oxygen atoms in total. The van der Waals surface area contributed by atoms with E-state index in [9.17, 15) is 4.79 Å². The Kier molecular flexibility index (Phi) is 5.00. The van der Waals surface area contributed by atoms with Crippen molar-refractivity contribution in [3.63, 3.8) is 0 Å². The van der Waals surface area contributed by atoms with Crippen LogP contribution in [0.25, 0.3) is 0 Å². The minimum absolute atomic E-state index is 0.0237. The van der Waals surface area contributed by atoms with Gasteiger partial charge in [-0.25, -0.2) is 4.68 Å². The van der Waals surface area contributed by atoms with Crippen molar-refractivity contribution in [3.8, 4) is 0 Å². The number of nitrogen functional groups attached to an aromatic ring is 1. The van der Waals surface area contributed by atoms with Crippen LogP contribution in [0.1, 0.15) is 26.0 Å². The van der Waals surface area contributed by atoms with Gasteiger partial charge in [0.05, 0.1) is 17.9 Å². The molecule has 18 heavy (non-hydrogen) atoms. The molecule has 0 fully saturated rings. The minimum atomic E-state index is -0.0237. The van der Waals surface area contributed by atoms with Gasteiger partial charge in [0.1, 0.15) is 0 Å². The van der Waals surface area contributed by atoms with Gasteiger partial charge in [-0.3, -0.25) is 4.79 Å². The second-order valence-electron chi connectivity index (χ2n) is 4.23. The number of carbonyl (C=O) groups excluding carboxylic acids is 1. The molecule has 6 heteroatoms. The number of nitrogens with two attached hydrogens (primary N) is 1. The van der Waals surface area contributed by atoms with Crippen LogP contribution in [0.4, 0.5) is 11.5 Å². The van der Waals surface area contributed by atoms with Crippen molar-refractivity contribution in [1.29, 1.82) is 0 Å². The summed E-state index contributed by atoms with van der Waals surface area (Å²) in [5.74, 6) is 0.824. The Hall–Kier alpha value is -1.72. The largest absolute Gasteiger partial charge is 0.394 e. The van der Waals surface area contributed by atoms with Crippen molar-refractivity contribution < 1.29 is 4.79 Å². The molecule has 1 amide bonds. The zero-order chi connectivity index (χ0) is 13.7. The number of aryl methyl sites for hydroxylation is 2. The molecule has 1 rings (SSSR count). The highest BCUT2D eigenvalue weighted by Crippen LogP contribution is 2.26. The highest BCUT2D eigenvalue weighted by molar-refractivity contribution is 5.82. The molecule has 0 atom stereocenters. The molecule has 0 radical (unpaired) electrons. The standard InChI is InChI=1S/C12H23N5O/c1-5-7-16(8-10(18)14-4)12-11(13)9(3)15-17(12)6-2/h5-8,13H2,1-4H3,(H,14,18). The van der Waals surface area contributed by atoms with Crippen LogP contribution in [0.15, 0.2) is 0 Å². The van der Waals surface area contributed by atoms with E-state index in [1.807, 2.05) is 23.4 Å². The Morgan fingerprint density at radius 2 is 2.17 bits per heavy atom. The first-order chi connectivity index (χ1) is 8.54. The van der Waals surface area contributed by atoms with E-state index in [4.69, 9.17) is 5.73 Å².